The van der Waals surface area contributed by atoms with Gasteiger partial charge < -0.3 is 5.32 Å². The maximum absolute atomic E-state index is 12.9. The van der Waals surface area contributed by atoms with E-state index < -0.39 is 0 Å². The lowest BCUT2D eigenvalue weighted by Crippen LogP contribution is -2.13. The number of anilines is 1. The van der Waals surface area contributed by atoms with Crippen molar-refractivity contribution < 1.29 is 4.79 Å². The zero-order valence-electron chi connectivity index (χ0n) is 13.7. The monoisotopic (exact) mass is 359 g/mol. The van der Waals surface area contributed by atoms with E-state index in [1.807, 2.05) is 48.5 Å². The van der Waals surface area contributed by atoms with Gasteiger partial charge in [-0.05, 0) is 30.3 Å². The number of benzene rings is 2. The quantitative estimate of drug-likeness (QED) is 0.546. The predicted molar refractivity (Wildman–Crippen MR) is 104 cm³/mol. The van der Waals surface area contributed by atoms with E-state index in [2.05, 4.69) is 15.3 Å². The molecule has 0 saturated carbocycles. The fourth-order valence-electron chi connectivity index (χ4n) is 2.80. The van der Waals surface area contributed by atoms with E-state index in [9.17, 15) is 4.79 Å². The number of fused-ring (bicyclic) bond motifs is 1. The van der Waals surface area contributed by atoms with Gasteiger partial charge in [0.15, 0.2) is 0 Å². The minimum Gasteiger partial charge on any atom is -0.322 e. The molecule has 0 fully saturated rings. The summed E-state index contributed by atoms with van der Waals surface area (Å²) in [4.78, 5) is 21.5. The van der Waals surface area contributed by atoms with Crippen LogP contribution in [0.25, 0.3) is 22.2 Å². The first-order chi connectivity index (χ1) is 12.7. The van der Waals surface area contributed by atoms with E-state index in [-0.39, 0.29) is 5.91 Å². The van der Waals surface area contributed by atoms with Gasteiger partial charge in [0.05, 0.1) is 16.8 Å². The number of pyridine rings is 2. The zero-order valence-corrected chi connectivity index (χ0v) is 14.4. The summed E-state index contributed by atoms with van der Waals surface area (Å²) in [6.07, 6.45) is 3.27. The summed E-state index contributed by atoms with van der Waals surface area (Å²) in [5, 5.41) is 4.28. The normalized spacial score (nSPS) is 10.7. The van der Waals surface area contributed by atoms with Gasteiger partial charge in [-0.25, -0.2) is 4.98 Å². The van der Waals surface area contributed by atoms with Gasteiger partial charge in [-0.3, -0.25) is 9.78 Å². The fraction of sp³-hybridized carbons (Fsp3) is 0. The lowest BCUT2D eigenvalue weighted by atomic mass is 10.0. The van der Waals surface area contributed by atoms with Crippen LogP contribution in [-0.4, -0.2) is 15.9 Å². The Morgan fingerprint density at radius 3 is 2.46 bits per heavy atom. The van der Waals surface area contributed by atoms with Gasteiger partial charge in [0.1, 0.15) is 0 Å². The molecule has 0 bridgehead atoms. The smallest absolute Gasteiger partial charge is 0.256 e. The second kappa shape index (κ2) is 6.94. The molecule has 126 valence electrons. The molecular weight excluding hydrogens is 346 g/mol. The molecule has 2 aromatic carbocycles. The summed E-state index contributed by atoms with van der Waals surface area (Å²) in [5.41, 5.74) is 3.42. The first-order valence-electron chi connectivity index (χ1n) is 8.08. The summed E-state index contributed by atoms with van der Waals surface area (Å²) >= 11 is 6.32. The highest BCUT2D eigenvalue weighted by molar-refractivity contribution is 6.33. The molecule has 5 heteroatoms. The number of carbonyl (C=O) groups is 1. The number of amides is 1. The molecule has 0 atom stereocenters. The molecule has 4 rings (SSSR count). The van der Waals surface area contributed by atoms with Crippen molar-refractivity contribution in [3.05, 3.63) is 89.7 Å². The van der Waals surface area contributed by atoms with E-state index in [4.69, 9.17) is 11.6 Å². The van der Waals surface area contributed by atoms with E-state index in [0.29, 0.717) is 22.0 Å². The summed E-state index contributed by atoms with van der Waals surface area (Å²) < 4.78 is 0. The molecule has 0 unspecified atom stereocenters. The number of aromatic nitrogens is 2. The Morgan fingerprint density at radius 1 is 0.923 bits per heavy atom. The lowest BCUT2D eigenvalue weighted by Gasteiger charge is -2.11. The standard InChI is InChI=1S/C21H14ClN3O/c22-18-7-3-1-6-16(18)20-13-17(15-5-2-4-8-19(15)25-20)21(26)24-14-9-11-23-12-10-14/h1-13H,(H,23,24,26). The van der Waals surface area contributed by atoms with Gasteiger partial charge >= 0.3 is 0 Å². The van der Waals surface area contributed by atoms with Crippen molar-refractivity contribution in [3.63, 3.8) is 0 Å². The molecule has 0 saturated heterocycles. The first kappa shape index (κ1) is 16.2. The van der Waals surface area contributed by atoms with Gasteiger partial charge in [-0.1, -0.05) is 48.0 Å². The van der Waals surface area contributed by atoms with Crippen LogP contribution in [0.2, 0.25) is 5.02 Å². The van der Waals surface area contributed by atoms with Gasteiger partial charge in [0.25, 0.3) is 5.91 Å². The highest BCUT2D eigenvalue weighted by atomic mass is 35.5. The van der Waals surface area contributed by atoms with Crippen LogP contribution in [-0.2, 0) is 0 Å². The van der Waals surface area contributed by atoms with Crippen molar-refractivity contribution in [2.75, 3.05) is 5.32 Å². The third-order valence-corrected chi connectivity index (χ3v) is 4.38. The van der Waals surface area contributed by atoms with Gasteiger partial charge in [0, 0.05) is 34.1 Å². The molecule has 0 spiro atoms. The van der Waals surface area contributed by atoms with Crippen LogP contribution >= 0.6 is 11.6 Å². The maximum Gasteiger partial charge on any atom is 0.256 e. The van der Waals surface area contributed by atoms with Crippen molar-refractivity contribution in [3.8, 4) is 11.3 Å². The lowest BCUT2D eigenvalue weighted by molar-refractivity contribution is 0.102. The Hall–Kier alpha value is -3.24. The molecule has 0 aliphatic heterocycles. The summed E-state index contributed by atoms with van der Waals surface area (Å²) in [6, 6.07) is 20.3. The number of nitrogens with zero attached hydrogens (tertiary/aromatic N) is 2. The van der Waals surface area contributed by atoms with Gasteiger partial charge in [0.2, 0.25) is 0 Å². The van der Waals surface area contributed by atoms with Crippen LogP contribution in [0.4, 0.5) is 5.69 Å². The molecule has 2 heterocycles. The second-order valence-electron chi connectivity index (χ2n) is 5.74. The van der Waals surface area contributed by atoms with Crippen LogP contribution in [0.3, 0.4) is 0 Å². The summed E-state index contributed by atoms with van der Waals surface area (Å²) in [7, 11) is 0. The van der Waals surface area contributed by atoms with Gasteiger partial charge in [-0.15, -0.1) is 0 Å². The van der Waals surface area contributed by atoms with E-state index >= 15 is 0 Å². The second-order valence-corrected chi connectivity index (χ2v) is 6.15. The van der Waals surface area contributed by atoms with E-state index in [1.54, 1.807) is 30.6 Å². The van der Waals surface area contributed by atoms with Crippen molar-refractivity contribution in [2.24, 2.45) is 0 Å². The molecule has 26 heavy (non-hydrogen) atoms. The number of carbonyl (C=O) groups excluding carboxylic acids is 1. The molecule has 0 aliphatic rings. The number of hydrogen-bond donors (Lipinski definition) is 1. The van der Waals surface area contributed by atoms with E-state index in [0.717, 1.165) is 16.5 Å². The Balaban J connectivity index is 1.85. The summed E-state index contributed by atoms with van der Waals surface area (Å²) in [6.45, 7) is 0. The molecule has 4 aromatic rings. The number of para-hydroxylation sites is 1. The number of rotatable bonds is 3. The van der Waals surface area contributed by atoms with Crippen LogP contribution in [0.5, 0.6) is 0 Å². The zero-order chi connectivity index (χ0) is 17.9. The topological polar surface area (TPSA) is 54.9 Å². The van der Waals surface area contributed by atoms with Crippen molar-refractivity contribution in [1.29, 1.82) is 0 Å². The SMILES string of the molecule is O=C(Nc1ccncc1)c1cc(-c2ccccc2Cl)nc2ccccc12. The largest absolute Gasteiger partial charge is 0.322 e. The molecule has 0 radical (unpaired) electrons. The molecule has 2 aromatic heterocycles. The number of nitrogens with one attached hydrogen (secondary N) is 1. The number of halogens is 1. The highest BCUT2D eigenvalue weighted by Gasteiger charge is 2.15. The number of hydrogen-bond acceptors (Lipinski definition) is 3. The third-order valence-electron chi connectivity index (χ3n) is 4.05. The molecular formula is C21H14ClN3O. The van der Waals surface area contributed by atoms with Crippen molar-refractivity contribution in [2.45, 2.75) is 0 Å². The Kier molecular flexibility index (Phi) is 4.33. The molecule has 1 N–H and O–H groups in total. The minimum atomic E-state index is -0.205. The minimum absolute atomic E-state index is 0.205. The van der Waals surface area contributed by atoms with E-state index in [1.165, 1.54) is 0 Å². The average Bonchev–Trinajstić information content (AvgIpc) is 2.68. The Labute approximate surface area is 155 Å². The maximum atomic E-state index is 12.9. The average molecular weight is 360 g/mol. The summed E-state index contributed by atoms with van der Waals surface area (Å²) in [5.74, 6) is -0.205. The Bertz CT molecular complexity index is 1100. The molecule has 4 nitrogen and oxygen atoms in total. The van der Waals surface area contributed by atoms with Crippen molar-refractivity contribution in [1.82, 2.24) is 9.97 Å². The van der Waals surface area contributed by atoms with Crippen LogP contribution in [0.15, 0.2) is 79.1 Å². The molecule has 0 aliphatic carbocycles. The fourth-order valence-corrected chi connectivity index (χ4v) is 3.04. The van der Waals surface area contributed by atoms with Crippen molar-refractivity contribution >= 4 is 34.1 Å². The predicted octanol–water partition coefficient (Wildman–Crippen LogP) is 5.20. The first-order valence-corrected chi connectivity index (χ1v) is 8.46. The van der Waals surface area contributed by atoms with Crippen LogP contribution < -0.4 is 5.32 Å². The van der Waals surface area contributed by atoms with Gasteiger partial charge in [-0.2, -0.15) is 0 Å². The third kappa shape index (κ3) is 3.15. The van der Waals surface area contributed by atoms with Crippen LogP contribution in [0, 0.1) is 0 Å². The Morgan fingerprint density at radius 2 is 1.65 bits per heavy atom. The van der Waals surface area contributed by atoms with Crippen LogP contribution in [0.1, 0.15) is 10.4 Å². The molecule has 1 amide bonds. The highest BCUT2D eigenvalue weighted by Crippen LogP contribution is 2.30.